The van der Waals surface area contributed by atoms with Crippen LogP contribution in [0.4, 0.5) is 0 Å². The molecule has 2 atom stereocenters. The average Bonchev–Trinajstić information content (AvgIpc) is 3.45. The van der Waals surface area contributed by atoms with E-state index < -0.39 is 0 Å². The smallest absolute Gasteiger partial charge is 0.170 e. The van der Waals surface area contributed by atoms with Gasteiger partial charge in [0.05, 0.1) is 24.9 Å². The topological polar surface area (TPSA) is 53.8 Å². The van der Waals surface area contributed by atoms with Crippen LogP contribution < -0.4 is 5.32 Å². The lowest BCUT2D eigenvalue weighted by atomic mass is 10.0. The summed E-state index contributed by atoms with van der Waals surface area (Å²) in [4.78, 5) is 9.35. The number of morpholine rings is 1. The Morgan fingerprint density at radius 1 is 1.12 bits per heavy atom. The Kier molecular flexibility index (Phi) is 7.29. The van der Waals surface area contributed by atoms with Gasteiger partial charge in [-0.05, 0) is 67.5 Å². The molecule has 4 heterocycles. The van der Waals surface area contributed by atoms with Crippen molar-refractivity contribution in [3.8, 4) is 11.3 Å². The number of benzene rings is 1. The summed E-state index contributed by atoms with van der Waals surface area (Å²) in [5, 5.41) is 4.26. The third kappa shape index (κ3) is 5.05. The van der Waals surface area contributed by atoms with E-state index in [1.165, 1.54) is 5.56 Å². The first-order valence-electron chi connectivity index (χ1n) is 11.7. The van der Waals surface area contributed by atoms with E-state index in [2.05, 4.69) is 67.2 Å². The van der Waals surface area contributed by atoms with Crippen LogP contribution >= 0.6 is 28.1 Å². The van der Waals surface area contributed by atoms with Crippen molar-refractivity contribution in [2.24, 2.45) is 0 Å². The lowest BCUT2D eigenvalue weighted by Crippen LogP contribution is -2.38. The Hall–Kier alpha value is -2.26. The van der Waals surface area contributed by atoms with Gasteiger partial charge in [-0.25, -0.2) is 0 Å². The number of nitrogens with one attached hydrogen (secondary N) is 1. The molecule has 2 aliphatic rings. The third-order valence-corrected chi connectivity index (χ3v) is 7.49. The molecule has 2 saturated heterocycles. The van der Waals surface area contributed by atoms with Crippen LogP contribution in [0.2, 0.25) is 0 Å². The van der Waals surface area contributed by atoms with Crippen molar-refractivity contribution >= 4 is 33.3 Å². The van der Waals surface area contributed by atoms with Gasteiger partial charge in [0.2, 0.25) is 0 Å². The lowest BCUT2D eigenvalue weighted by molar-refractivity contribution is 0.0365. The van der Waals surface area contributed by atoms with Crippen molar-refractivity contribution in [3.63, 3.8) is 0 Å². The van der Waals surface area contributed by atoms with E-state index in [0.717, 1.165) is 78.2 Å². The molecule has 8 heteroatoms. The number of furan rings is 1. The van der Waals surface area contributed by atoms with Crippen molar-refractivity contribution < 1.29 is 9.15 Å². The van der Waals surface area contributed by atoms with E-state index in [-0.39, 0.29) is 12.1 Å². The highest BCUT2D eigenvalue weighted by molar-refractivity contribution is 9.10. The van der Waals surface area contributed by atoms with E-state index in [0.29, 0.717) is 0 Å². The first-order chi connectivity index (χ1) is 16.6. The number of rotatable bonds is 7. The number of pyridine rings is 1. The van der Waals surface area contributed by atoms with Crippen LogP contribution in [0.15, 0.2) is 63.6 Å². The van der Waals surface area contributed by atoms with Crippen LogP contribution in [0.25, 0.3) is 11.3 Å². The summed E-state index contributed by atoms with van der Waals surface area (Å²) in [6, 6.07) is 16.3. The molecule has 0 bridgehead atoms. The van der Waals surface area contributed by atoms with Gasteiger partial charge in [0.1, 0.15) is 17.6 Å². The van der Waals surface area contributed by atoms with Gasteiger partial charge in [-0.2, -0.15) is 0 Å². The van der Waals surface area contributed by atoms with Gasteiger partial charge < -0.3 is 19.4 Å². The molecule has 2 aromatic heterocycles. The molecular weight excluding hydrogens is 512 g/mol. The second-order valence-corrected chi connectivity index (χ2v) is 10.1. The van der Waals surface area contributed by atoms with Crippen molar-refractivity contribution in [3.05, 3.63) is 76.2 Å². The van der Waals surface area contributed by atoms with Crippen molar-refractivity contribution in [1.29, 1.82) is 0 Å². The molecule has 5 rings (SSSR count). The summed E-state index contributed by atoms with van der Waals surface area (Å²) < 4.78 is 13.0. The molecule has 0 radical (unpaired) electrons. The number of hydrogen-bond donors (Lipinski definition) is 1. The molecule has 178 valence electrons. The summed E-state index contributed by atoms with van der Waals surface area (Å²) in [5.74, 6) is 1.73. The van der Waals surface area contributed by atoms with Gasteiger partial charge in [0.15, 0.2) is 5.11 Å². The fraction of sp³-hybridized carbons (Fsp3) is 0.385. The lowest BCUT2D eigenvalue weighted by Gasteiger charge is -2.29. The fourth-order valence-corrected chi connectivity index (χ4v) is 5.74. The van der Waals surface area contributed by atoms with Crippen LogP contribution in [0, 0.1) is 6.92 Å². The highest BCUT2D eigenvalue weighted by Gasteiger charge is 2.41. The summed E-state index contributed by atoms with van der Waals surface area (Å²) in [6.07, 6.45) is 2.85. The summed E-state index contributed by atoms with van der Waals surface area (Å²) in [5.41, 5.74) is 3.20. The van der Waals surface area contributed by atoms with E-state index in [1.807, 2.05) is 30.5 Å². The van der Waals surface area contributed by atoms with Gasteiger partial charge in [0.25, 0.3) is 0 Å². The van der Waals surface area contributed by atoms with Gasteiger partial charge in [0, 0.05) is 42.4 Å². The molecule has 1 aromatic carbocycles. The van der Waals surface area contributed by atoms with Crippen LogP contribution in [0.5, 0.6) is 0 Å². The first kappa shape index (κ1) is 23.5. The van der Waals surface area contributed by atoms with Crippen LogP contribution in [-0.2, 0) is 4.74 Å². The largest absolute Gasteiger partial charge is 0.459 e. The Balaban J connectivity index is 1.41. The second kappa shape index (κ2) is 10.6. The normalized spacial score (nSPS) is 21.1. The molecule has 0 aliphatic carbocycles. The predicted octanol–water partition coefficient (Wildman–Crippen LogP) is 5.11. The maximum atomic E-state index is 6.47. The molecule has 0 saturated carbocycles. The molecule has 0 spiro atoms. The number of aromatic nitrogens is 1. The fourth-order valence-electron chi connectivity index (χ4n) is 4.72. The summed E-state index contributed by atoms with van der Waals surface area (Å²) >= 11 is 9.50. The molecule has 3 aromatic rings. The molecule has 0 unspecified atom stereocenters. The Morgan fingerprint density at radius 3 is 2.74 bits per heavy atom. The zero-order valence-electron chi connectivity index (χ0n) is 19.2. The minimum atomic E-state index is -0.0717. The second-order valence-electron chi connectivity index (χ2n) is 8.81. The molecule has 1 N–H and O–H groups in total. The highest BCUT2D eigenvalue weighted by Crippen LogP contribution is 2.41. The van der Waals surface area contributed by atoms with Gasteiger partial charge in [-0.3, -0.25) is 9.88 Å². The molecule has 0 amide bonds. The molecule has 6 nitrogen and oxygen atoms in total. The monoisotopic (exact) mass is 540 g/mol. The molecule has 2 aliphatic heterocycles. The van der Waals surface area contributed by atoms with E-state index >= 15 is 0 Å². The number of hydrogen-bond acceptors (Lipinski definition) is 5. The Labute approximate surface area is 214 Å². The Bertz CT molecular complexity index is 1130. The van der Waals surface area contributed by atoms with Gasteiger partial charge in [-0.15, -0.1) is 0 Å². The zero-order valence-corrected chi connectivity index (χ0v) is 21.6. The third-order valence-electron chi connectivity index (χ3n) is 6.48. The number of nitrogens with zero attached hydrogens (tertiary/aromatic N) is 3. The number of thiocarbonyl (C=S) groups is 1. The van der Waals surface area contributed by atoms with Crippen LogP contribution in [0.1, 0.15) is 35.5 Å². The SMILES string of the molecule is Cc1ccc(-c2ccc([C@H]3[C@@H](c4ccccn4)NC(=S)N3CCCN3CCOCC3)o2)c(Br)c1. The maximum Gasteiger partial charge on any atom is 0.170 e. The quantitative estimate of drug-likeness (QED) is 0.418. The van der Waals surface area contributed by atoms with Gasteiger partial charge in [-0.1, -0.05) is 28.1 Å². The predicted molar refractivity (Wildman–Crippen MR) is 141 cm³/mol. The Morgan fingerprint density at radius 2 is 1.97 bits per heavy atom. The summed E-state index contributed by atoms with van der Waals surface area (Å²) in [6.45, 7) is 7.59. The van der Waals surface area contributed by atoms with Crippen LogP contribution in [0.3, 0.4) is 0 Å². The molecular formula is C26H29BrN4O2S. The number of ether oxygens (including phenoxy) is 1. The summed E-state index contributed by atoms with van der Waals surface area (Å²) in [7, 11) is 0. The molecule has 34 heavy (non-hydrogen) atoms. The van der Waals surface area contributed by atoms with E-state index in [4.69, 9.17) is 21.4 Å². The average molecular weight is 542 g/mol. The van der Waals surface area contributed by atoms with Crippen molar-refractivity contribution in [2.45, 2.75) is 25.4 Å². The van der Waals surface area contributed by atoms with E-state index in [9.17, 15) is 0 Å². The van der Waals surface area contributed by atoms with Crippen LogP contribution in [-0.4, -0.2) is 59.3 Å². The number of aryl methyl sites for hydroxylation is 1. The van der Waals surface area contributed by atoms with E-state index in [1.54, 1.807) is 0 Å². The number of halogens is 1. The maximum absolute atomic E-state index is 6.47. The molecule has 2 fully saturated rings. The van der Waals surface area contributed by atoms with Gasteiger partial charge >= 0.3 is 0 Å². The minimum absolute atomic E-state index is 0.0648. The van der Waals surface area contributed by atoms with Crippen molar-refractivity contribution in [1.82, 2.24) is 20.1 Å². The first-order valence-corrected chi connectivity index (χ1v) is 12.9. The van der Waals surface area contributed by atoms with Crippen molar-refractivity contribution in [2.75, 3.05) is 39.4 Å². The minimum Gasteiger partial charge on any atom is -0.459 e. The standard InChI is InChI=1S/C26H29BrN4O2S/c1-18-6-7-19(20(27)17-18)22-8-9-23(33-22)25-24(21-5-2-3-10-28-21)29-26(34)31(25)12-4-11-30-13-15-32-16-14-30/h2-3,5-10,17,24-25H,4,11-16H2,1H3,(H,29,34)/t24-,25+/m1/s1. The zero-order chi connectivity index (χ0) is 23.5. The highest BCUT2D eigenvalue weighted by atomic mass is 79.9.